The lowest BCUT2D eigenvalue weighted by molar-refractivity contribution is -0.146. The Morgan fingerprint density at radius 1 is 1.56 bits per heavy atom. The molecule has 2 rings (SSSR count). The Kier molecular flexibility index (Phi) is 4.97. The standard InChI is InChI=1S/C13H24N2O3/c1-10(2)18-13(16)7-14-6-12-8-15-5-3-4-11(15)9-17-12/h10-12,14H,3-9H2,1-2H3. The van der Waals surface area contributed by atoms with Gasteiger partial charge < -0.3 is 14.8 Å². The second-order valence-electron chi connectivity index (χ2n) is 5.42. The number of hydrogen-bond acceptors (Lipinski definition) is 5. The molecule has 0 aromatic carbocycles. The number of fused-ring (bicyclic) bond motifs is 1. The molecule has 1 N–H and O–H groups in total. The predicted octanol–water partition coefficient (Wildman–Crippen LogP) is 0.391. The quantitative estimate of drug-likeness (QED) is 0.721. The van der Waals surface area contributed by atoms with E-state index in [2.05, 4.69) is 10.2 Å². The molecule has 2 aliphatic rings. The Labute approximate surface area is 109 Å². The first-order valence-electron chi connectivity index (χ1n) is 6.91. The highest BCUT2D eigenvalue weighted by molar-refractivity contribution is 5.71. The minimum absolute atomic E-state index is 0.0458. The van der Waals surface area contributed by atoms with Crippen molar-refractivity contribution in [2.45, 2.75) is 44.9 Å². The van der Waals surface area contributed by atoms with Gasteiger partial charge in [0.05, 0.1) is 25.4 Å². The van der Waals surface area contributed by atoms with Crippen molar-refractivity contribution in [3.05, 3.63) is 0 Å². The number of morpholine rings is 1. The molecule has 2 atom stereocenters. The van der Waals surface area contributed by atoms with Crippen LogP contribution < -0.4 is 5.32 Å². The summed E-state index contributed by atoms with van der Waals surface area (Å²) in [6.45, 7) is 7.71. The van der Waals surface area contributed by atoms with Gasteiger partial charge in [-0.25, -0.2) is 0 Å². The van der Waals surface area contributed by atoms with E-state index in [1.54, 1.807) is 0 Å². The topological polar surface area (TPSA) is 50.8 Å². The van der Waals surface area contributed by atoms with Gasteiger partial charge in [0.15, 0.2) is 0 Å². The second kappa shape index (κ2) is 6.50. The predicted molar refractivity (Wildman–Crippen MR) is 68.4 cm³/mol. The molecule has 0 aromatic rings. The minimum Gasteiger partial charge on any atom is -0.462 e. The van der Waals surface area contributed by atoms with Crippen LogP contribution in [0, 0.1) is 0 Å². The van der Waals surface area contributed by atoms with Crippen LogP contribution in [0.25, 0.3) is 0 Å². The van der Waals surface area contributed by atoms with Crippen molar-refractivity contribution in [2.24, 2.45) is 0 Å². The first-order valence-corrected chi connectivity index (χ1v) is 6.91. The Hall–Kier alpha value is -0.650. The van der Waals surface area contributed by atoms with Gasteiger partial charge in [-0.15, -0.1) is 0 Å². The average molecular weight is 256 g/mol. The number of ether oxygens (including phenoxy) is 2. The lowest BCUT2D eigenvalue weighted by Gasteiger charge is -2.35. The number of hydrogen-bond donors (Lipinski definition) is 1. The van der Waals surface area contributed by atoms with Crippen molar-refractivity contribution in [1.29, 1.82) is 0 Å². The third-order valence-corrected chi connectivity index (χ3v) is 3.47. The minimum atomic E-state index is -0.195. The van der Waals surface area contributed by atoms with Gasteiger partial charge in [0.25, 0.3) is 0 Å². The molecule has 0 spiro atoms. The first-order chi connectivity index (χ1) is 8.65. The van der Waals surface area contributed by atoms with Crippen LogP contribution in [0.2, 0.25) is 0 Å². The summed E-state index contributed by atoms with van der Waals surface area (Å²) in [5.41, 5.74) is 0. The lowest BCUT2D eigenvalue weighted by Crippen LogP contribution is -2.49. The van der Waals surface area contributed by atoms with Crippen LogP contribution in [0.1, 0.15) is 26.7 Å². The largest absolute Gasteiger partial charge is 0.462 e. The summed E-state index contributed by atoms with van der Waals surface area (Å²) in [6, 6.07) is 0.632. The molecule has 2 fully saturated rings. The van der Waals surface area contributed by atoms with Crippen molar-refractivity contribution in [3.8, 4) is 0 Å². The van der Waals surface area contributed by atoms with Crippen LogP contribution in [-0.4, -0.2) is 61.9 Å². The second-order valence-corrected chi connectivity index (χ2v) is 5.42. The number of rotatable bonds is 5. The molecule has 5 heteroatoms. The zero-order valence-corrected chi connectivity index (χ0v) is 11.4. The van der Waals surface area contributed by atoms with E-state index in [-0.39, 0.29) is 24.7 Å². The highest BCUT2D eigenvalue weighted by atomic mass is 16.5. The van der Waals surface area contributed by atoms with Crippen molar-refractivity contribution in [1.82, 2.24) is 10.2 Å². The highest BCUT2D eigenvalue weighted by Crippen LogP contribution is 2.22. The average Bonchev–Trinajstić information content (AvgIpc) is 2.75. The summed E-state index contributed by atoms with van der Waals surface area (Å²) in [4.78, 5) is 13.8. The Morgan fingerprint density at radius 2 is 2.39 bits per heavy atom. The first kappa shape index (κ1) is 13.8. The molecule has 2 aliphatic heterocycles. The van der Waals surface area contributed by atoms with Crippen molar-refractivity contribution >= 4 is 5.97 Å². The Balaban J connectivity index is 1.61. The fourth-order valence-corrected chi connectivity index (χ4v) is 2.65. The van der Waals surface area contributed by atoms with E-state index in [9.17, 15) is 4.79 Å². The smallest absolute Gasteiger partial charge is 0.320 e. The summed E-state index contributed by atoms with van der Waals surface area (Å²) in [5, 5.41) is 3.11. The van der Waals surface area contributed by atoms with E-state index in [0.29, 0.717) is 6.04 Å². The van der Waals surface area contributed by atoms with Crippen LogP contribution >= 0.6 is 0 Å². The molecule has 2 heterocycles. The van der Waals surface area contributed by atoms with E-state index in [0.717, 1.165) is 19.7 Å². The van der Waals surface area contributed by atoms with E-state index >= 15 is 0 Å². The number of carbonyl (C=O) groups is 1. The number of nitrogens with one attached hydrogen (secondary N) is 1. The molecule has 0 radical (unpaired) electrons. The molecule has 5 nitrogen and oxygen atoms in total. The molecule has 0 aliphatic carbocycles. The Morgan fingerprint density at radius 3 is 3.17 bits per heavy atom. The normalized spacial score (nSPS) is 28.4. The maximum atomic E-state index is 11.3. The van der Waals surface area contributed by atoms with E-state index < -0.39 is 0 Å². The van der Waals surface area contributed by atoms with Gasteiger partial charge in [0.1, 0.15) is 0 Å². The van der Waals surface area contributed by atoms with Crippen LogP contribution in [0.4, 0.5) is 0 Å². The zero-order valence-electron chi connectivity index (χ0n) is 11.4. The third kappa shape index (κ3) is 3.93. The molecule has 2 saturated heterocycles. The molecule has 2 unspecified atom stereocenters. The van der Waals surface area contributed by atoms with Gasteiger partial charge in [-0.3, -0.25) is 9.69 Å². The maximum absolute atomic E-state index is 11.3. The van der Waals surface area contributed by atoms with Gasteiger partial charge in [-0.05, 0) is 33.2 Å². The summed E-state index contributed by atoms with van der Waals surface area (Å²) < 4.78 is 10.9. The van der Waals surface area contributed by atoms with Crippen molar-refractivity contribution < 1.29 is 14.3 Å². The molecule has 0 saturated carbocycles. The number of nitrogens with zero attached hydrogens (tertiary/aromatic N) is 1. The van der Waals surface area contributed by atoms with Gasteiger partial charge in [-0.1, -0.05) is 0 Å². The van der Waals surface area contributed by atoms with Crippen molar-refractivity contribution in [3.63, 3.8) is 0 Å². The van der Waals surface area contributed by atoms with Crippen molar-refractivity contribution in [2.75, 3.05) is 32.8 Å². The van der Waals surface area contributed by atoms with Crippen LogP contribution in [-0.2, 0) is 14.3 Å². The van der Waals surface area contributed by atoms with Gasteiger partial charge in [0, 0.05) is 19.1 Å². The number of esters is 1. The SMILES string of the molecule is CC(C)OC(=O)CNCC1CN2CCCC2CO1. The molecule has 0 aromatic heterocycles. The van der Waals surface area contributed by atoms with E-state index in [1.807, 2.05) is 13.8 Å². The van der Waals surface area contributed by atoms with Crippen LogP contribution in [0.5, 0.6) is 0 Å². The molecule has 104 valence electrons. The van der Waals surface area contributed by atoms with Gasteiger partial charge >= 0.3 is 5.97 Å². The van der Waals surface area contributed by atoms with Gasteiger partial charge in [-0.2, -0.15) is 0 Å². The summed E-state index contributed by atoms with van der Waals surface area (Å²) in [7, 11) is 0. The summed E-state index contributed by atoms with van der Waals surface area (Å²) in [6.07, 6.45) is 2.71. The van der Waals surface area contributed by atoms with E-state index in [1.165, 1.54) is 19.4 Å². The molecular formula is C13H24N2O3. The molecule has 18 heavy (non-hydrogen) atoms. The zero-order chi connectivity index (χ0) is 13.0. The number of carbonyl (C=O) groups excluding carboxylic acids is 1. The third-order valence-electron chi connectivity index (χ3n) is 3.47. The maximum Gasteiger partial charge on any atom is 0.320 e. The Bertz CT molecular complexity index is 283. The molecular weight excluding hydrogens is 232 g/mol. The fraction of sp³-hybridized carbons (Fsp3) is 0.923. The molecule has 0 bridgehead atoms. The van der Waals surface area contributed by atoms with Crippen LogP contribution in [0.3, 0.4) is 0 Å². The monoisotopic (exact) mass is 256 g/mol. The van der Waals surface area contributed by atoms with E-state index in [4.69, 9.17) is 9.47 Å². The van der Waals surface area contributed by atoms with Crippen LogP contribution in [0.15, 0.2) is 0 Å². The van der Waals surface area contributed by atoms with Gasteiger partial charge in [0.2, 0.25) is 0 Å². The lowest BCUT2D eigenvalue weighted by atomic mass is 10.2. The summed E-state index contributed by atoms with van der Waals surface area (Å²) >= 11 is 0. The fourth-order valence-electron chi connectivity index (χ4n) is 2.65. The summed E-state index contributed by atoms with van der Waals surface area (Å²) in [5.74, 6) is -0.195. The molecule has 0 amide bonds. The highest BCUT2D eigenvalue weighted by Gasteiger charge is 2.31.